The van der Waals surface area contributed by atoms with E-state index in [0.717, 1.165) is 12.0 Å². The van der Waals surface area contributed by atoms with E-state index in [0.29, 0.717) is 24.8 Å². The number of nitrogens with zero attached hydrogens (tertiary/aromatic N) is 1. The molecular weight excluding hydrogens is 364 g/mol. The van der Waals surface area contributed by atoms with Crippen molar-refractivity contribution in [2.45, 2.75) is 52.6 Å². The molecule has 0 saturated heterocycles. The van der Waals surface area contributed by atoms with Crippen LogP contribution < -0.4 is 10.1 Å². The number of nitrogens with one attached hydrogen (secondary N) is 1. The molecule has 0 heterocycles. The van der Waals surface area contributed by atoms with E-state index < -0.39 is 6.04 Å². The van der Waals surface area contributed by atoms with Gasteiger partial charge in [-0.3, -0.25) is 9.59 Å². The van der Waals surface area contributed by atoms with Crippen molar-refractivity contribution in [3.63, 3.8) is 0 Å². The van der Waals surface area contributed by atoms with Gasteiger partial charge in [-0.15, -0.1) is 0 Å². The Kier molecular flexibility index (Phi) is 8.71. The number of hydrogen-bond donors (Lipinski definition) is 1. The Morgan fingerprint density at radius 1 is 1.00 bits per heavy atom. The number of ether oxygens (including phenoxy) is 1. The third kappa shape index (κ3) is 6.93. The average Bonchev–Trinajstić information content (AvgIpc) is 2.74. The van der Waals surface area contributed by atoms with E-state index in [2.05, 4.69) is 19.2 Å². The van der Waals surface area contributed by atoms with Gasteiger partial charge in [0.25, 0.3) is 5.91 Å². The van der Waals surface area contributed by atoms with Crippen LogP contribution >= 0.6 is 0 Å². The summed E-state index contributed by atoms with van der Waals surface area (Å²) in [6.45, 7) is 8.85. The van der Waals surface area contributed by atoms with Gasteiger partial charge < -0.3 is 15.0 Å². The summed E-state index contributed by atoms with van der Waals surface area (Å²) in [7, 11) is 0. The van der Waals surface area contributed by atoms with Gasteiger partial charge in [0.1, 0.15) is 11.8 Å². The van der Waals surface area contributed by atoms with Crippen LogP contribution in [0.5, 0.6) is 5.75 Å². The SMILES string of the molecule is CCCNC(=O)C(C)N(Cc1ccccc1)C(=O)COc1ccc(C(C)C)cc1. The first kappa shape index (κ1) is 22.5. The van der Waals surface area contributed by atoms with Gasteiger partial charge in [0, 0.05) is 13.1 Å². The molecule has 0 aliphatic heterocycles. The first-order valence-corrected chi connectivity index (χ1v) is 10.3. The van der Waals surface area contributed by atoms with Crippen molar-refractivity contribution in [3.8, 4) is 5.75 Å². The maximum atomic E-state index is 12.9. The first-order chi connectivity index (χ1) is 13.9. The monoisotopic (exact) mass is 396 g/mol. The lowest BCUT2D eigenvalue weighted by atomic mass is 10.0. The standard InChI is InChI=1S/C24H32N2O3/c1-5-15-25-24(28)19(4)26(16-20-9-7-6-8-10-20)23(27)17-29-22-13-11-21(12-14-22)18(2)3/h6-14,18-19H,5,15-17H2,1-4H3,(H,25,28). The zero-order valence-corrected chi connectivity index (χ0v) is 17.9. The Balaban J connectivity index is 2.07. The summed E-state index contributed by atoms with van der Waals surface area (Å²) in [5.41, 5.74) is 2.19. The molecule has 156 valence electrons. The van der Waals surface area contributed by atoms with Gasteiger partial charge in [0.15, 0.2) is 6.61 Å². The smallest absolute Gasteiger partial charge is 0.261 e. The molecule has 1 N–H and O–H groups in total. The largest absolute Gasteiger partial charge is 0.484 e. The average molecular weight is 397 g/mol. The highest BCUT2D eigenvalue weighted by Gasteiger charge is 2.26. The molecule has 0 fully saturated rings. The fourth-order valence-corrected chi connectivity index (χ4v) is 2.94. The number of carbonyl (C=O) groups excluding carboxylic acids is 2. The molecule has 5 heteroatoms. The van der Waals surface area contributed by atoms with Crippen molar-refractivity contribution in [1.82, 2.24) is 10.2 Å². The lowest BCUT2D eigenvalue weighted by molar-refractivity contribution is -0.142. The predicted octanol–water partition coefficient (Wildman–Crippen LogP) is 4.13. The van der Waals surface area contributed by atoms with Gasteiger partial charge in [-0.25, -0.2) is 0 Å². The number of amides is 2. The quantitative estimate of drug-likeness (QED) is 0.657. The summed E-state index contributed by atoms with van der Waals surface area (Å²) >= 11 is 0. The molecule has 2 rings (SSSR count). The normalized spacial score (nSPS) is 11.8. The molecule has 0 aromatic heterocycles. The molecule has 0 aliphatic carbocycles. The zero-order valence-electron chi connectivity index (χ0n) is 17.9. The number of hydrogen-bond acceptors (Lipinski definition) is 3. The predicted molar refractivity (Wildman–Crippen MR) is 116 cm³/mol. The third-order valence-electron chi connectivity index (χ3n) is 4.82. The van der Waals surface area contributed by atoms with E-state index in [4.69, 9.17) is 4.74 Å². The first-order valence-electron chi connectivity index (χ1n) is 10.3. The molecule has 0 saturated carbocycles. The molecule has 0 radical (unpaired) electrons. The summed E-state index contributed by atoms with van der Waals surface area (Å²) in [6, 6.07) is 16.9. The molecule has 1 atom stereocenters. The second-order valence-electron chi connectivity index (χ2n) is 7.49. The Bertz CT molecular complexity index is 772. The molecule has 0 spiro atoms. The van der Waals surface area contributed by atoms with E-state index in [1.54, 1.807) is 11.8 Å². The third-order valence-corrected chi connectivity index (χ3v) is 4.82. The maximum absolute atomic E-state index is 12.9. The van der Waals surface area contributed by atoms with Crippen molar-refractivity contribution in [2.75, 3.05) is 13.2 Å². The van der Waals surface area contributed by atoms with Crippen LogP contribution in [-0.4, -0.2) is 35.9 Å². The molecule has 0 aliphatic rings. The van der Waals surface area contributed by atoms with Gasteiger partial charge in [0.05, 0.1) is 0 Å². The van der Waals surface area contributed by atoms with Gasteiger partial charge in [0.2, 0.25) is 5.91 Å². The zero-order chi connectivity index (χ0) is 21.2. The summed E-state index contributed by atoms with van der Waals surface area (Å²) in [5, 5.41) is 2.87. The fourth-order valence-electron chi connectivity index (χ4n) is 2.94. The van der Waals surface area contributed by atoms with Crippen LogP contribution in [0.25, 0.3) is 0 Å². The lowest BCUT2D eigenvalue weighted by Gasteiger charge is -2.28. The number of carbonyl (C=O) groups is 2. The van der Waals surface area contributed by atoms with E-state index in [1.165, 1.54) is 5.56 Å². The molecule has 2 aromatic rings. The summed E-state index contributed by atoms with van der Waals surface area (Å²) < 4.78 is 5.71. The highest BCUT2D eigenvalue weighted by Crippen LogP contribution is 2.19. The van der Waals surface area contributed by atoms with Gasteiger partial charge in [-0.05, 0) is 42.5 Å². The van der Waals surface area contributed by atoms with Crippen molar-refractivity contribution in [1.29, 1.82) is 0 Å². The minimum Gasteiger partial charge on any atom is -0.484 e. The Labute approximate surface area is 174 Å². The van der Waals surface area contributed by atoms with Crippen LogP contribution in [0.3, 0.4) is 0 Å². The molecule has 5 nitrogen and oxygen atoms in total. The van der Waals surface area contributed by atoms with Crippen LogP contribution in [0.1, 0.15) is 51.2 Å². The van der Waals surface area contributed by atoms with E-state index in [-0.39, 0.29) is 18.4 Å². The summed E-state index contributed by atoms with van der Waals surface area (Å²) in [4.78, 5) is 27.0. The maximum Gasteiger partial charge on any atom is 0.261 e. The van der Waals surface area contributed by atoms with Crippen LogP contribution in [-0.2, 0) is 16.1 Å². The Hall–Kier alpha value is -2.82. The Morgan fingerprint density at radius 2 is 1.66 bits per heavy atom. The van der Waals surface area contributed by atoms with Gasteiger partial charge in [-0.2, -0.15) is 0 Å². The van der Waals surface area contributed by atoms with Crippen molar-refractivity contribution in [2.24, 2.45) is 0 Å². The van der Waals surface area contributed by atoms with Crippen LogP contribution in [0, 0.1) is 0 Å². The van der Waals surface area contributed by atoms with E-state index in [1.807, 2.05) is 61.5 Å². The highest BCUT2D eigenvalue weighted by molar-refractivity contribution is 5.87. The van der Waals surface area contributed by atoms with Crippen LogP contribution in [0.15, 0.2) is 54.6 Å². The molecule has 29 heavy (non-hydrogen) atoms. The number of rotatable bonds is 10. The van der Waals surface area contributed by atoms with Crippen LogP contribution in [0.2, 0.25) is 0 Å². The minimum atomic E-state index is -0.582. The molecule has 2 aromatic carbocycles. The van der Waals surface area contributed by atoms with Gasteiger partial charge >= 0.3 is 0 Å². The number of benzene rings is 2. The Morgan fingerprint density at radius 3 is 2.24 bits per heavy atom. The van der Waals surface area contributed by atoms with Crippen molar-refractivity contribution >= 4 is 11.8 Å². The molecule has 0 bridgehead atoms. The fraction of sp³-hybridized carbons (Fsp3) is 0.417. The topological polar surface area (TPSA) is 58.6 Å². The van der Waals surface area contributed by atoms with Crippen LogP contribution in [0.4, 0.5) is 0 Å². The second kappa shape index (κ2) is 11.2. The molecular formula is C24H32N2O3. The van der Waals surface area contributed by atoms with Crippen molar-refractivity contribution in [3.05, 3.63) is 65.7 Å². The molecule has 2 amide bonds. The van der Waals surface area contributed by atoms with Gasteiger partial charge in [-0.1, -0.05) is 63.2 Å². The summed E-state index contributed by atoms with van der Waals surface area (Å²) in [6.07, 6.45) is 0.848. The highest BCUT2D eigenvalue weighted by atomic mass is 16.5. The summed E-state index contributed by atoms with van der Waals surface area (Å²) in [5.74, 6) is 0.707. The second-order valence-corrected chi connectivity index (χ2v) is 7.49. The van der Waals surface area contributed by atoms with E-state index in [9.17, 15) is 9.59 Å². The molecule has 1 unspecified atom stereocenters. The van der Waals surface area contributed by atoms with Crippen molar-refractivity contribution < 1.29 is 14.3 Å². The minimum absolute atomic E-state index is 0.112. The lowest BCUT2D eigenvalue weighted by Crippen LogP contribution is -2.49. The van der Waals surface area contributed by atoms with E-state index >= 15 is 0 Å².